The minimum absolute atomic E-state index is 0.237. The van der Waals surface area contributed by atoms with E-state index in [4.69, 9.17) is 5.26 Å². The summed E-state index contributed by atoms with van der Waals surface area (Å²) in [6, 6.07) is 5.68. The minimum atomic E-state index is -0.758. The van der Waals surface area contributed by atoms with E-state index in [9.17, 15) is 14.4 Å². The van der Waals surface area contributed by atoms with Crippen molar-refractivity contribution in [2.45, 2.75) is 39.2 Å². The summed E-state index contributed by atoms with van der Waals surface area (Å²) >= 11 is 0. The van der Waals surface area contributed by atoms with Crippen LogP contribution >= 0.6 is 0 Å². The number of unbranched alkanes of at least 4 members (excludes halogenated alkanes) is 1. The van der Waals surface area contributed by atoms with Crippen molar-refractivity contribution >= 4 is 23.4 Å². The Kier molecular flexibility index (Phi) is 7.43. The van der Waals surface area contributed by atoms with Gasteiger partial charge in [-0.3, -0.25) is 19.3 Å². The van der Waals surface area contributed by atoms with E-state index in [1.54, 1.807) is 24.4 Å². The second kappa shape index (κ2) is 9.30. The molecule has 128 valence electrons. The summed E-state index contributed by atoms with van der Waals surface area (Å²) in [6.45, 7) is 3.36. The van der Waals surface area contributed by atoms with Gasteiger partial charge in [-0.25, -0.2) is 0 Å². The van der Waals surface area contributed by atoms with Crippen molar-refractivity contribution < 1.29 is 14.4 Å². The van der Waals surface area contributed by atoms with Gasteiger partial charge < -0.3 is 10.6 Å². The van der Waals surface area contributed by atoms with Crippen LogP contribution in [0.2, 0.25) is 0 Å². The number of benzene rings is 1. The number of hydrogen-bond acceptors (Lipinski definition) is 4. The Bertz CT molecular complexity index is 651. The maximum atomic E-state index is 12.4. The molecule has 0 heterocycles. The molecule has 0 radical (unpaired) electrons. The van der Waals surface area contributed by atoms with Crippen molar-refractivity contribution in [2.24, 2.45) is 0 Å². The van der Waals surface area contributed by atoms with Gasteiger partial charge in [0.15, 0.2) is 6.19 Å². The zero-order valence-corrected chi connectivity index (χ0v) is 14.1. The van der Waals surface area contributed by atoms with Gasteiger partial charge >= 0.3 is 0 Å². The van der Waals surface area contributed by atoms with Crippen molar-refractivity contribution in [1.29, 1.82) is 5.26 Å². The van der Waals surface area contributed by atoms with Gasteiger partial charge in [0.1, 0.15) is 6.04 Å². The van der Waals surface area contributed by atoms with Crippen molar-refractivity contribution in [1.82, 2.24) is 10.2 Å². The molecule has 0 unspecified atom stereocenters. The highest BCUT2D eigenvalue weighted by Gasteiger charge is 2.24. The number of hydrogen-bond donors (Lipinski definition) is 2. The van der Waals surface area contributed by atoms with Gasteiger partial charge in [0.05, 0.1) is 0 Å². The van der Waals surface area contributed by atoms with Crippen molar-refractivity contribution in [3.05, 3.63) is 29.8 Å². The standard InChI is InChI=1S/C17H22N4O3/c1-4-5-9-15(17(24)21(3)11-18)20-16(23)13-7-6-8-14(10-13)19-12(2)22/h6-8,10,15H,4-5,9H2,1-3H3,(H,19,22)(H,20,23)/t15-/m0/s1. The third kappa shape index (κ3) is 5.72. The molecule has 0 aliphatic heterocycles. The summed E-state index contributed by atoms with van der Waals surface area (Å²) in [7, 11) is 1.37. The number of nitrogens with zero attached hydrogens (tertiary/aromatic N) is 2. The minimum Gasteiger partial charge on any atom is -0.340 e. The van der Waals surface area contributed by atoms with E-state index in [0.29, 0.717) is 17.7 Å². The largest absolute Gasteiger partial charge is 0.340 e. The molecule has 7 nitrogen and oxygen atoms in total. The average molecular weight is 330 g/mol. The number of nitriles is 1. The summed E-state index contributed by atoms with van der Waals surface area (Å²) in [4.78, 5) is 36.6. The van der Waals surface area contributed by atoms with Gasteiger partial charge in [-0.2, -0.15) is 5.26 Å². The summed E-state index contributed by atoms with van der Waals surface area (Å²) < 4.78 is 0. The van der Waals surface area contributed by atoms with Crippen LogP contribution in [0.5, 0.6) is 0 Å². The molecule has 0 aliphatic rings. The number of likely N-dealkylation sites (N-methyl/N-ethyl adjacent to an activating group) is 1. The van der Waals surface area contributed by atoms with Gasteiger partial charge in [-0.15, -0.1) is 0 Å². The predicted molar refractivity (Wildman–Crippen MR) is 89.9 cm³/mol. The summed E-state index contributed by atoms with van der Waals surface area (Å²) in [5, 5.41) is 14.1. The first-order chi connectivity index (χ1) is 11.4. The summed E-state index contributed by atoms with van der Waals surface area (Å²) in [5.74, 6) is -1.11. The number of anilines is 1. The first-order valence-corrected chi connectivity index (χ1v) is 7.74. The van der Waals surface area contributed by atoms with Crippen molar-refractivity contribution in [3.8, 4) is 6.19 Å². The molecule has 2 N–H and O–H groups in total. The fourth-order valence-corrected chi connectivity index (χ4v) is 2.13. The highest BCUT2D eigenvalue weighted by molar-refractivity contribution is 5.99. The van der Waals surface area contributed by atoms with Crippen LogP contribution in [0.25, 0.3) is 0 Å². The second-order valence-electron chi connectivity index (χ2n) is 5.43. The van der Waals surface area contributed by atoms with Crippen molar-refractivity contribution in [2.75, 3.05) is 12.4 Å². The lowest BCUT2D eigenvalue weighted by Gasteiger charge is -2.20. The number of carbonyl (C=O) groups is 3. The summed E-state index contributed by atoms with van der Waals surface area (Å²) in [6.07, 6.45) is 3.83. The Morgan fingerprint density at radius 3 is 2.62 bits per heavy atom. The zero-order valence-electron chi connectivity index (χ0n) is 14.1. The molecule has 0 aromatic heterocycles. The number of nitrogens with one attached hydrogen (secondary N) is 2. The summed E-state index contributed by atoms with van der Waals surface area (Å²) in [5.41, 5.74) is 0.830. The van der Waals surface area contributed by atoms with E-state index in [0.717, 1.165) is 17.7 Å². The van der Waals surface area contributed by atoms with Gasteiger partial charge in [-0.05, 0) is 24.6 Å². The molecular formula is C17H22N4O3. The van der Waals surface area contributed by atoms with Gasteiger partial charge in [-0.1, -0.05) is 25.8 Å². The van der Waals surface area contributed by atoms with Crippen LogP contribution < -0.4 is 10.6 Å². The van der Waals surface area contributed by atoms with E-state index < -0.39 is 17.9 Å². The Morgan fingerprint density at radius 1 is 1.33 bits per heavy atom. The Labute approximate surface area is 141 Å². The molecule has 3 amide bonds. The third-order valence-corrected chi connectivity index (χ3v) is 3.38. The molecule has 1 aromatic carbocycles. The molecule has 1 rings (SSSR count). The van der Waals surface area contributed by atoms with E-state index >= 15 is 0 Å². The molecular weight excluding hydrogens is 308 g/mol. The van der Waals surface area contributed by atoms with Crippen LogP contribution in [-0.2, 0) is 9.59 Å². The quantitative estimate of drug-likeness (QED) is 0.588. The number of amides is 3. The molecule has 0 spiro atoms. The van der Waals surface area contributed by atoms with Gasteiger partial charge in [0.25, 0.3) is 11.8 Å². The first-order valence-electron chi connectivity index (χ1n) is 7.74. The van der Waals surface area contributed by atoms with Crippen LogP contribution in [0.1, 0.15) is 43.5 Å². The lowest BCUT2D eigenvalue weighted by molar-refractivity contribution is -0.129. The lowest BCUT2D eigenvalue weighted by atomic mass is 10.1. The van der Waals surface area contributed by atoms with Crippen LogP contribution in [0, 0.1) is 11.5 Å². The van der Waals surface area contributed by atoms with Crippen LogP contribution in [0.4, 0.5) is 5.69 Å². The normalized spacial score (nSPS) is 11.1. The lowest BCUT2D eigenvalue weighted by Crippen LogP contribution is -2.46. The Balaban J connectivity index is 2.89. The first kappa shape index (κ1) is 19.2. The zero-order chi connectivity index (χ0) is 18.1. The fraction of sp³-hybridized carbons (Fsp3) is 0.412. The SMILES string of the molecule is CCCC[C@H](NC(=O)c1cccc(NC(C)=O)c1)C(=O)N(C)C#N. The number of carbonyl (C=O) groups excluding carboxylic acids is 3. The highest BCUT2D eigenvalue weighted by atomic mass is 16.2. The highest BCUT2D eigenvalue weighted by Crippen LogP contribution is 2.12. The Hall–Kier alpha value is -2.88. The van der Waals surface area contributed by atoms with Crippen molar-refractivity contribution in [3.63, 3.8) is 0 Å². The maximum Gasteiger partial charge on any atom is 0.257 e. The molecule has 0 bridgehead atoms. The van der Waals surface area contributed by atoms with Gasteiger partial charge in [0.2, 0.25) is 5.91 Å². The molecule has 24 heavy (non-hydrogen) atoms. The van der Waals surface area contributed by atoms with Crippen LogP contribution in [0.15, 0.2) is 24.3 Å². The average Bonchev–Trinajstić information content (AvgIpc) is 2.56. The van der Waals surface area contributed by atoms with E-state index in [-0.39, 0.29) is 5.91 Å². The molecule has 1 aromatic rings. The number of rotatable bonds is 7. The molecule has 0 saturated heterocycles. The smallest absolute Gasteiger partial charge is 0.257 e. The van der Waals surface area contributed by atoms with E-state index in [1.165, 1.54) is 20.0 Å². The second-order valence-corrected chi connectivity index (χ2v) is 5.43. The molecule has 0 fully saturated rings. The van der Waals surface area contributed by atoms with E-state index in [2.05, 4.69) is 10.6 Å². The topological polar surface area (TPSA) is 102 Å². The molecule has 7 heteroatoms. The van der Waals surface area contributed by atoms with Crippen LogP contribution in [-0.4, -0.2) is 35.7 Å². The van der Waals surface area contributed by atoms with Crippen LogP contribution in [0.3, 0.4) is 0 Å². The monoisotopic (exact) mass is 330 g/mol. The third-order valence-electron chi connectivity index (χ3n) is 3.38. The van der Waals surface area contributed by atoms with Gasteiger partial charge in [0, 0.05) is 25.2 Å². The molecule has 0 aliphatic carbocycles. The molecule has 1 atom stereocenters. The molecule has 0 saturated carbocycles. The predicted octanol–water partition coefficient (Wildman–Crippen LogP) is 1.87. The Morgan fingerprint density at radius 2 is 2.04 bits per heavy atom. The maximum absolute atomic E-state index is 12.4. The van der Waals surface area contributed by atoms with E-state index in [1.807, 2.05) is 6.92 Å². The fourth-order valence-electron chi connectivity index (χ4n) is 2.13.